The van der Waals surface area contributed by atoms with Crippen molar-refractivity contribution in [3.63, 3.8) is 0 Å². The predicted molar refractivity (Wildman–Crippen MR) is 340 cm³/mol. The monoisotopic (exact) mass is 1160 g/mol. The number of aliphatic carboxylic acids is 1. The maximum Gasteiger partial charge on any atom is 0.335 e. The molecule has 1 rings (SSSR count). The number of allylic oxidation sites excluding steroid dienone is 18. The molecule has 0 aromatic rings. The normalized spacial score (nSPS) is 18.3. The highest BCUT2D eigenvalue weighted by Crippen LogP contribution is 2.26. The number of aliphatic hydroxyl groups excluding tert-OH is 2. The van der Waals surface area contributed by atoms with Crippen LogP contribution in [0.1, 0.15) is 265 Å². The summed E-state index contributed by atoms with van der Waals surface area (Å²) in [4.78, 5) is 51.4. The van der Waals surface area contributed by atoms with Gasteiger partial charge in [0.1, 0.15) is 18.8 Å². The first-order chi connectivity index (χ1) is 40.6. The Kier molecular flexibility index (Phi) is 53.2. The van der Waals surface area contributed by atoms with E-state index in [9.17, 15) is 34.5 Å². The lowest BCUT2D eigenvalue weighted by molar-refractivity contribution is -0.301. The minimum Gasteiger partial charge on any atom is -0.479 e. The lowest BCUT2D eigenvalue weighted by atomic mass is 9.98. The number of aliphatic hydroxyl groups is 2. The molecule has 0 bridgehead atoms. The van der Waals surface area contributed by atoms with Crippen LogP contribution in [-0.4, -0.2) is 89.2 Å². The summed E-state index contributed by atoms with van der Waals surface area (Å²) in [5, 5.41) is 31.6. The average molecular weight is 1160 g/mol. The Morgan fingerprint density at radius 1 is 0.410 bits per heavy atom. The van der Waals surface area contributed by atoms with Crippen LogP contribution < -0.4 is 0 Å². The van der Waals surface area contributed by atoms with Crippen molar-refractivity contribution in [1.82, 2.24) is 0 Å². The largest absolute Gasteiger partial charge is 0.479 e. The molecule has 12 nitrogen and oxygen atoms in total. The number of hydrogen-bond acceptors (Lipinski definition) is 11. The van der Waals surface area contributed by atoms with Crippen LogP contribution in [0, 0.1) is 0 Å². The van der Waals surface area contributed by atoms with Gasteiger partial charge in [-0.3, -0.25) is 14.4 Å². The minimum absolute atomic E-state index is 0.0426. The van der Waals surface area contributed by atoms with Crippen molar-refractivity contribution < 1.29 is 58.2 Å². The Balaban J connectivity index is 2.70. The van der Waals surface area contributed by atoms with Crippen molar-refractivity contribution in [3.8, 4) is 0 Å². The number of ether oxygens (including phenoxy) is 5. The molecule has 1 heterocycles. The molecule has 0 aromatic carbocycles. The van der Waals surface area contributed by atoms with Crippen LogP contribution in [0.4, 0.5) is 0 Å². The molecule has 83 heavy (non-hydrogen) atoms. The fourth-order valence-corrected chi connectivity index (χ4v) is 9.28. The van der Waals surface area contributed by atoms with Gasteiger partial charge in [-0.15, -0.1) is 0 Å². The Bertz CT molecular complexity index is 1860. The van der Waals surface area contributed by atoms with Gasteiger partial charge >= 0.3 is 23.9 Å². The Hall–Kier alpha value is -4.62. The zero-order valence-corrected chi connectivity index (χ0v) is 52.2. The van der Waals surface area contributed by atoms with Gasteiger partial charge in [-0.1, -0.05) is 226 Å². The summed E-state index contributed by atoms with van der Waals surface area (Å²) in [6, 6.07) is 0. The van der Waals surface area contributed by atoms with Gasteiger partial charge in [0.2, 0.25) is 0 Å². The first-order valence-electron chi connectivity index (χ1n) is 32.9. The molecule has 1 fully saturated rings. The lowest BCUT2D eigenvalue weighted by Crippen LogP contribution is -2.61. The summed E-state index contributed by atoms with van der Waals surface area (Å²) in [5.41, 5.74) is 0. The summed E-state index contributed by atoms with van der Waals surface area (Å²) in [6.07, 6.45) is 66.0. The highest BCUT2D eigenvalue weighted by molar-refractivity contribution is 5.74. The molecule has 0 amide bonds. The molecule has 0 spiro atoms. The van der Waals surface area contributed by atoms with Crippen LogP contribution in [0.15, 0.2) is 109 Å². The number of carboxylic acids is 1. The third kappa shape index (κ3) is 47.3. The van der Waals surface area contributed by atoms with Gasteiger partial charge in [-0.2, -0.15) is 0 Å². The van der Waals surface area contributed by atoms with Crippen molar-refractivity contribution in [3.05, 3.63) is 109 Å². The van der Waals surface area contributed by atoms with Gasteiger partial charge < -0.3 is 39.0 Å². The highest BCUT2D eigenvalue weighted by Gasteiger charge is 2.50. The third-order valence-electron chi connectivity index (χ3n) is 14.3. The molecule has 3 N–H and O–H groups in total. The second kappa shape index (κ2) is 57.8. The summed E-state index contributed by atoms with van der Waals surface area (Å²) in [6.45, 7) is 5.81. The smallest absolute Gasteiger partial charge is 0.335 e. The predicted octanol–water partition coefficient (Wildman–Crippen LogP) is 17.8. The Morgan fingerprint density at radius 2 is 0.759 bits per heavy atom. The number of hydrogen-bond donors (Lipinski definition) is 3. The van der Waals surface area contributed by atoms with Gasteiger partial charge in [0.25, 0.3) is 0 Å². The van der Waals surface area contributed by atoms with Crippen LogP contribution in [0.3, 0.4) is 0 Å². The first kappa shape index (κ1) is 76.4. The summed E-state index contributed by atoms with van der Waals surface area (Å²) in [5.74, 6) is -3.19. The zero-order valence-electron chi connectivity index (χ0n) is 52.2. The number of carboxylic acid groups (broad SMARTS) is 1. The quantitative estimate of drug-likeness (QED) is 0.0228. The molecule has 0 radical (unpaired) electrons. The number of esters is 3. The standard InChI is InChI=1S/C71H116O12/c1-4-7-10-13-16-19-22-25-28-31-32-35-36-39-42-45-48-51-54-57-63(72)79-60-62(81-64(73)58-55-52-49-46-43-40-37-33-29-26-23-20-17-14-11-8-5-2)61-80-71-69(67(76)66(75)68(83-71)70(77)78)82-65(74)59-56-53-50-47-44-41-38-34-30-27-24-21-18-15-12-9-6-3/h7,10,16-21,25-30,32,35,39,42,62,66-69,71,75-76H,4-6,8-9,11-15,22-24,31,33-34,36-38,40-41,43-61H2,1-3H3,(H,77,78)/b10-7-,19-16-,20-17-,21-18-,28-25-,29-26-,30-27-,35-32-,42-39-. The molecule has 6 atom stereocenters. The molecule has 0 aliphatic carbocycles. The average Bonchev–Trinajstić information content (AvgIpc) is 3.59. The lowest BCUT2D eigenvalue weighted by Gasteiger charge is -2.40. The van der Waals surface area contributed by atoms with Gasteiger partial charge in [-0.25, -0.2) is 4.79 Å². The van der Waals surface area contributed by atoms with Gasteiger partial charge in [0.05, 0.1) is 6.61 Å². The summed E-state index contributed by atoms with van der Waals surface area (Å²) in [7, 11) is 0. The number of rotatable bonds is 55. The fourth-order valence-electron chi connectivity index (χ4n) is 9.28. The number of carbonyl (C=O) groups excluding carboxylic acids is 3. The van der Waals surface area contributed by atoms with E-state index in [1.807, 2.05) is 0 Å². The van der Waals surface area contributed by atoms with E-state index in [1.54, 1.807) is 0 Å². The molecule has 0 aromatic heterocycles. The Morgan fingerprint density at radius 3 is 1.17 bits per heavy atom. The van der Waals surface area contributed by atoms with Gasteiger partial charge in [0.15, 0.2) is 24.6 Å². The first-order valence-corrected chi connectivity index (χ1v) is 32.9. The van der Waals surface area contributed by atoms with Crippen molar-refractivity contribution in [2.45, 2.75) is 302 Å². The van der Waals surface area contributed by atoms with Gasteiger partial charge in [0, 0.05) is 19.3 Å². The molecular weight excluding hydrogens is 1040 g/mol. The molecule has 0 saturated carbocycles. The van der Waals surface area contributed by atoms with Crippen LogP contribution in [0.5, 0.6) is 0 Å². The second-order valence-corrected chi connectivity index (χ2v) is 22.0. The van der Waals surface area contributed by atoms with E-state index >= 15 is 0 Å². The van der Waals surface area contributed by atoms with E-state index in [2.05, 4.69) is 130 Å². The fraction of sp³-hybridized carbons (Fsp3) is 0.690. The molecule has 1 aliphatic rings. The van der Waals surface area contributed by atoms with Crippen molar-refractivity contribution in [2.24, 2.45) is 0 Å². The maximum absolute atomic E-state index is 13.2. The molecule has 12 heteroatoms. The molecule has 1 aliphatic heterocycles. The molecular formula is C71H116O12. The molecule has 1 saturated heterocycles. The van der Waals surface area contributed by atoms with Gasteiger partial charge in [-0.05, 0) is 128 Å². The third-order valence-corrected chi connectivity index (χ3v) is 14.3. The summed E-state index contributed by atoms with van der Waals surface area (Å²) < 4.78 is 28.5. The summed E-state index contributed by atoms with van der Waals surface area (Å²) >= 11 is 0. The number of unbranched alkanes of at least 4 members (excludes halogenated alkanes) is 23. The van der Waals surface area contributed by atoms with E-state index in [1.165, 1.54) is 38.5 Å². The molecule has 472 valence electrons. The van der Waals surface area contributed by atoms with Crippen molar-refractivity contribution in [1.29, 1.82) is 0 Å². The molecule has 6 unspecified atom stereocenters. The van der Waals surface area contributed by atoms with Crippen LogP contribution in [0.2, 0.25) is 0 Å². The Labute approximate surface area is 504 Å². The van der Waals surface area contributed by atoms with E-state index in [4.69, 9.17) is 23.7 Å². The number of carbonyl (C=O) groups is 4. The minimum atomic E-state index is -1.92. The highest BCUT2D eigenvalue weighted by atomic mass is 16.7. The van der Waals surface area contributed by atoms with Crippen LogP contribution in [0.25, 0.3) is 0 Å². The maximum atomic E-state index is 13.2. The van der Waals surface area contributed by atoms with Crippen molar-refractivity contribution in [2.75, 3.05) is 13.2 Å². The van der Waals surface area contributed by atoms with Crippen LogP contribution >= 0.6 is 0 Å². The van der Waals surface area contributed by atoms with E-state index in [0.29, 0.717) is 19.3 Å². The SMILES string of the molecule is CC/C=C\C/C=C\C/C=C\C/C=C\C/C=C\CCCCCC(=O)OCC(COC1OC(C(=O)O)C(O)C(O)C1OC(=O)CCCCCCCCC/C=C\C/C=C\CCCCC)OC(=O)CCCCCCCCC/C=C\C/C=C\CCCCC. The second-order valence-electron chi connectivity index (χ2n) is 22.0. The van der Waals surface area contributed by atoms with Crippen LogP contribution in [-0.2, 0) is 42.9 Å². The zero-order chi connectivity index (χ0) is 60.3. The topological polar surface area (TPSA) is 175 Å². The van der Waals surface area contributed by atoms with E-state index < -0.39 is 67.3 Å². The van der Waals surface area contributed by atoms with Crippen molar-refractivity contribution >= 4 is 23.9 Å². The van der Waals surface area contributed by atoms with E-state index in [-0.39, 0.29) is 25.9 Å². The van der Waals surface area contributed by atoms with E-state index in [0.717, 1.165) is 167 Å².